The highest BCUT2D eigenvalue weighted by Crippen LogP contribution is 2.38. The number of benzene rings is 4. The van der Waals surface area contributed by atoms with Crippen molar-refractivity contribution in [2.75, 3.05) is 12.8 Å². The van der Waals surface area contributed by atoms with Gasteiger partial charge in [-0.1, -0.05) is 84.9 Å². The second-order valence-corrected chi connectivity index (χ2v) is 12.9. The second kappa shape index (κ2) is 13.1. The molecule has 7 heteroatoms. The third-order valence-corrected chi connectivity index (χ3v) is 9.67. The van der Waals surface area contributed by atoms with Crippen molar-refractivity contribution in [3.8, 4) is 44.5 Å². The maximum Gasteiger partial charge on any atom is 0.337 e. The average molecular weight is 688 g/mol. The Balaban J connectivity index is 1.44. The van der Waals surface area contributed by atoms with Gasteiger partial charge in [-0.25, -0.2) is 14.8 Å². The van der Waals surface area contributed by atoms with E-state index in [1.165, 1.54) is 7.11 Å². The number of methoxy groups -OCH3 is 1. The van der Waals surface area contributed by atoms with E-state index in [0.29, 0.717) is 11.3 Å². The summed E-state index contributed by atoms with van der Waals surface area (Å²) in [6.45, 7) is 0. The van der Waals surface area contributed by atoms with Gasteiger partial charge in [-0.15, -0.1) is 0 Å². The highest BCUT2D eigenvalue weighted by molar-refractivity contribution is 6.00. The van der Waals surface area contributed by atoms with E-state index in [4.69, 9.17) is 20.4 Å². The van der Waals surface area contributed by atoms with Crippen LogP contribution in [0.4, 0.5) is 5.69 Å². The van der Waals surface area contributed by atoms with E-state index >= 15 is 0 Å². The molecule has 5 heterocycles. The molecular weight excluding hydrogens is 655 g/mol. The quantitative estimate of drug-likeness (QED) is 0.123. The Morgan fingerprint density at radius 2 is 0.811 bits per heavy atom. The summed E-state index contributed by atoms with van der Waals surface area (Å²) in [5.41, 5.74) is 22.0. The number of carbonyl (C=O) groups excluding carboxylic acids is 1. The first-order valence-electron chi connectivity index (χ1n) is 17.4. The summed E-state index contributed by atoms with van der Waals surface area (Å²) in [5.74, 6) is -0.386. The minimum Gasteiger partial charge on any atom is -0.465 e. The number of esters is 1. The van der Waals surface area contributed by atoms with E-state index in [-0.39, 0.29) is 5.97 Å². The highest BCUT2D eigenvalue weighted by Gasteiger charge is 2.19. The van der Waals surface area contributed by atoms with Gasteiger partial charge in [-0.2, -0.15) is 0 Å². The summed E-state index contributed by atoms with van der Waals surface area (Å²) in [5, 5.41) is 0. The van der Waals surface area contributed by atoms with Crippen molar-refractivity contribution in [3.63, 3.8) is 0 Å². The molecule has 7 nitrogen and oxygen atoms in total. The predicted molar refractivity (Wildman–Crippen MR) is 216 cm³/mol. The van der Waals surface area contributed by atoms with Crippen LogP contribution in [0, 0.1) is 0 Å². The lowest BCUT2D eigenvalue weighted by Gasteiger charge is -2.07. The predicted octanol–water partition coefficient (Wildman–Crippen LogP) is 10.7. The zero-order chi connectivity index (χ0) is 35.9. The summed E-state index contributed by atoms with van der Waals surface area (Å²) in [6, 6.07) is 44.4. The SMILES string of the molecule is COC(=O)c1ccc(-c2c3nc(c(-c4ccccc4)c4ccc([nH]4)c(-c4ccc(N)cc4)c4nc(c(-c5ccccc5)c5ccc2[nH]5)C=C4)C=C3)cc1. The van der Waals surface area contributed by atoms with E-state index < -0.39 is 0 Å². The van der Waals surface area contributed by atoms with Crippen molar-refractivity contribution >= 4 is 58.0 Å². The Labute approximate surface area is 305 Å². The fourth-order valence-electron chi connectivity index (χ4n) is 7.17. The van der Waals surface area contributed by atoms with Gasteiger partial charge in [0.1, 0.15) is 0 Å². The third kappa shape index (κ3) is 5.80. The largest absolute Gasteiger partial charge is 0.465 e. The topological polar surface area (TPSA) is 110 Å². The van der Waals surface area contributed by atoms with Crippen molar-refractivity contribution in [1.82, 2.24) is 19.9 Å². The van der Waals surface area contributed by atoms with Crippen LogP contribution in [-0.4, -0.2) is 33.0 Å². The molecule has 0 saturated heterocycles. The van der Waals surface area contributed by atoms with Crippen LogP contribution in [0.1, 0.15) is 33.1 Å². The van der Waals surface area contributed by atoms with Crippen molar-refractivity contribution in [1.29, 1.82) is 0 Å². The molecule has 9 rings (SSSR count). The number of carbonyl (C=O) groups is 1. The fraction of sp³-hybridized carbons (Fsp3) is 0.0217. The molecule has 4 aromatic carbocycles. The number of nitrogen functional groups attached to an aromatic ring is 1. The van der Waals surface area contributed by atoms with Crippen LogP contribution < -0.4 is 5.73 Å². The molecule has 4 N–H and O–H groups in total. The van der Waals surface area contributed by atoms with Crippen LogP contribution >= 0.6 is 0 Å². The molecule has 0 saturated carbocycles. The van der Waals surface area contributed by atoms with Gasteiger partial charge in [0.15, 0.2) is 0 Å². The van der Waals surface area contributed by atoms with Crippen LogP contribution in [-0.2, 0) is 4.74 Å². The van der Waals surface area contributed by atoms with Crippen LogP contribution in [0.25, 0.3) is 90.9 Å². The van der Waals surface area contributed by atoms with Gasteiger partial charge in [-0.05, 0) is 95.1 Å². The molecule has 254 valence electrons. The molecule has 53 heavy (non-hydrogen) atoms. The molecule has 0 amide bonds. The molecule has 0 radical (unpaired) electrons. The Morgan fingerprint density at radius 3 is 1.17 bits per heavy atom. The van der Waals surface area contributed by atoms with Gasteiger partial charge in [-0.3, -0.25) is 0 Å². The van der Waals surface area contributed by atoms with Crippen molar-refractivity contribution in [2.24, 2.45) is 0 Å². The van der Waals surface area contributed by atoms with Gasteiger partial charge < -0.3 is 20.4 Å². The Morgan fingerprint density at radius 1 is 0.472 bits per heavy atom. The van der Waals surface area contributed by atoms with Crippen molar-refractivity contribution in [2.45, 2.75) is 0 Å². The molecule has 0 aliphatic carbocycles. The number of ether oxygens (including phenoxy) is 1. The lowest BCUT2D eigenvalue weighted by molar-refractivity contribution is 0.0600. The molecule has 2 aliphatic heterocycles. The molecule has 3 aromatic heterocycles. The van der Waals surface area contributed by atoms with Crippen LogP contribution in [0.15, 0.2) is 133 Å². The standard InChI is InChI=1S/C46H33N5O2/c1-53-46(52)32-14-12-30(13-15-32)44-38-24-20-34(48-38)42(28-8-4-2-5-9-28)36-22-26-40(50-36)45(31-16-18-33(47)19-17-31)41-27-23-37(51-41)43(29-10-6-3-7-11-29)35-21-25-39(44)49-35/h2-27,48,51H,47H2,1H3. The summed E-state index contributed by atoms with van der Waals surface area (Å²) < 4.78 is 4.98. The lowest BCUT2D eigenvalue weighted by atomic mass is 10.0. The lowest BCUT2D eigenvalue weighted by Crippen LogP contribution is -2.00. The summed E-state index contributed by atoms with van der Waals surface area (Å²) in [4.78, 5) is 30.5. The second-order valence-electron chi connectivity index (χ2n) is 12.9. The van der Waals surface area contributed by atoms with Crippen molar-refractivity contribution < 1.29 is 9.53 Å². The zero-order valence-electron chi connectivity index (χ0n) is 28.8. The normalized spacial score (nSPS) is 11.9. The molecule has 0 unspecified atom stereocenters. The fourth-order valence-corrected chi connectivity index (χ4v) is 7.17. The minimum absolute atomic E-state index is 0.386. The molecular formula is C46H33N5O2. The zero-order valence-corrected chi connectivity index (χ0v) is 28.8. The van der Waals surface area contributed by atoms with E-state index in [9.17, 15) is 4.79 Å². The summed E-state index contributed by atoms with van der Waals surface area (Å²) in [7, 11) is 1.39. The minimum atomic E-state index is -0.386. The van der Waals surface area contributed by atoms with Crippen molar-refractivity contribution in [3.05, 3.63) is 162 Å². The maximum absolute atomic E-state index is 12.4. The smallest absolute Gasteiger partial charge is 0.337 e. The molecule has 0 spiro atoms. The molecule has 7 aromatic rings. The van der Waals surface area contributed by atoms with E-state index in [1.54, 1.807) is 12.1 Å². The number of aromatic nitrogens is 4. The number of nitrogens with two attached hydrogens (primary N) is 1. The van der Waals surface area contributed by atoms with Gasteiger partial charge in [0, 0.05) is 50.0 Å². The first-order valence-corrected chi connectivity index (χ1v) is 17.4. The van der Waals surface area contributed by atoms with E-state index in [1.807, 2.05) is 72.8 Å². The van der Waals surface area contributed by atoms with Crippen LogP contribution in [0.3, 0.4) is 0 Å². The first kappa shape index (κ1) is 31.7. The number of hydrogen-bond donors (Lipinski definition) is 3. The van der Waals surface area contributed by atoms with Gasteiger partial charge in [0.25, 0.3) is 0 Å². The average Bonchev–Trinajstić information content (AvgIpc) is 4.04. The summed E-state index contributed by atoms with van der Waals surface area (Å²) in [6.07, 6.45) is 8.29. The number of rotatable bonds is 5. The van der Waals surface area contributed by atoms with Gasteiger partial charge in [0.05, 0.1) is 35.4 Å². The molecule has 0 fully saturated rings. The van der Waals surface area contributed by atoms with Gasteiger partial charge >= 0.3 is 5.97 Å². The Kier molecular flexibility index (Phi) is 7.86. The van der Waals surface area contributed by atoms with Gasteiger partial charge in [0.2, 0.25) is 0 Å². The number of fused-ring (bicyclic) bond motifs is 8. The Bertz CT molecular complexity index is 2720. The van der Waals surface area contributed by atoms with E-state index in [2.05, 4.69) is 82.8 Å². The number of nitrogens with zero attached hydrogens (tertiary/aromatic N) is 2. The van der Waals surface area contributed by atoms with Crippen LogP contribution in [0.2, 0.25) is 0 Å². The number of anilines is 1. The monoisotopic (exact) mass is 687 g/mol. The van der Waals surface area contributed by atoms with E-state index in [0.717, 1.165) is 89.4 Å². The number of H-pyrrole nitrogens is 2. The van der Waals surface area contributed by atoms with Crippen LogP contribution in [0.5, 0.6) is 0 Å². The number of hydrogen-bond acceptors (Lipinski definition) is 5. The highest BCUT2D eigenvalue weighted by atomic mass is 16.5. The molecule has 2 aliphatic rings. The summed E-state index contributed by atoms with van der Waals surface area (Å²) >= 11 is 0. The maximum atomic E-state index is 12.4. The number of nitrogens with one attached hydrogen (secondary N) is 2. The molecule has 0 atom stereocenters. The first-order chi connectivity index (χ1) is 26.0. The Hall–Kier alpha value is -7.25. The number of aromatic amines is 2. The third-order valence-electron chi connectivity index (χ3n) is 9.67. The molecule has 8 bridgehead atoms.